The molecule has 88 valence electrons. The number of carbonyl (C=O) groups excluding carboxylic acids is 1. The van der Waals surface area contributed by atoms with Crippen molar-refractivity contribution in [2.24, 2.45) is 0 Å². The summed E-state index contributed by atoms with van der Waals surface area (Å²) >= 11 is 0. The van der Waals surface area contributed by atoms with Crippen LogP contribution >= 0.6 is 0 Å². The Morgan fingerprint density at radius 1 is 1.40 bits per heavy atom. The molecule has 0 unspecified atom stereocenters. The standard InChI is InChI=1S/C6H11NO8/c8-1-3(9)5(11)6(12)4(10)2-15-7(13)14/h3,5-6,8-9,11-12H,1-2H2/t3-,5+,6+/m1/s1. The number of hydrogen-bond acceptors (Lipinski definition) is 8. The first-order valence-corrected chi connectivity index (χ1v) is 3.85. The minimum atomic E-state index is -2.05. The Morgan fingerprint density at radius 3 is 2.33 bits per heavy atom. The number of hydrogen-bond donors (Lipinski definition) is 4. The minimum absolute atomic E-state index is 0.860. The molecule has 0 saturated carbocycles. The van der Waals surface area contributed by atoms with E-state index < -0.39 is 42.4 Å². The first-order chi connectivity index (χ1) is 6.90. The zero-order chi connectivity index (χ0) is 12.0. The van der Waals surface area contributed by atoms with Crippen LogP contribution in [-0.2, 0) is 9.63 Å². The summed E-state index contributed by atoms with van der Waals surface area (Å²) < 4.78 is 0. The SMILES string of the molecule is O=C(CO[N+](=O)[O-])[C@H](O)[C@@H](O)[C@H](O)CO. The Hall–Kier alpha value is -1.29. The molecule has 0 bridgehead atoms. The van der Waals surface area contributed by atoms with Crippen molar-refractivity contribution < 1.29 is 35.1 Å². The zero-order valence-electron chi connectivity index (χ0n) is 7.52. The Morgan fingerprint density at radius 2 is 1.93 bits per heavy atom. The van der Waals surface area contributed by atoms with Crippen LogP contribution in [0.4, 0.5) is 0 Å². The molecule has 0 aromatic carbocycles. The van der Waals surface area contributed by atoms with E-state index in [2.05, 4.69) is 4.84 Å². The lowest BCUT2D eigenvalue weighted by Crippen LogP contribution is -2.45. The molecule has 0 aliphatic carbocycles. The van der Waals surface area contributed by atoms with Crippen LogP contribution in [0.3, 0.4) is 0 Å². The molecule has 9 nitrogen and oxygen atoms in total. The van der Waals surface area contributed by atoms with Gasteiger partial charge in [0.1, 0.15) is 18.3 Å². The molecule has 0 aliphatic heterocycles. The van der Waals surface area contributed by atoms with Gasteiger partial charge in [-0.2, -0.15) is 0 Å². The Balaban J connectivity index is 4.13. The van der Waals surface area contributed by atoms with Crippen LogP contribution in [0.15, 0.2) is 0 Å². The fourth-order valence-electron chi connectivity index (χ4n) is 0.711. The molecule has 0 fully saturated rings. The van der Waals surface area contributed by atoms with Gasteiger partial charge in [0.2, 0.25) is 0 Å². The van der Waals surface area contributed by atoms with Crippen LogP contribution in [0, 0.1) is 10.1 Å². The van der Waals surface area contributed by atoms with Gasteiger partial charge in [-0.15, -0.1) is 10.1 Å². The molecule has 0 amide bonds. The number of carbonyl (C=O) groups is 1. The largest absolute Gasteiger partial charge is 0.394 e. The van der Waals surface area contributed by atoms with E-state index in [4.69, 9.17) is 20.4 Å². The van der Waals surface area contributed by atoms with Crippen molar-refractivity contribution in [2.75, 3.05) is 13.2 Å². The van der Waals surface area contributed by atoms with E-state index in [0.29, 0.717) is 0 Å². The van der Waals surface area contributed by atoms with Crippen LogP contribution in [-0.4, -0.2) is 62.8 Å². The first-order valence-electron chi connectivity index (χ1n) is 3.85. The average molecular weight is 225 g/mol. The van der Waals surface area contributed by atoms with Crippen molar-refractivity contribution in [3.8, 4) is 0 Å². The van der Waals surface area contributed by atoms with Gasteiger partial charge in [-0.3, -0.25) is 4.79 Å². The molecule has 15 heavy (non-hydrogen) atoms. The molecule has 3 atom stereocenters. The van der Waals surface area contributed by atoms with Crippen molar-refractivity contribution in [2.45, 2.75) is 18.3 Å². The second-order valence-corrected chi connectivity index (χ2v) is 2.65. The predicted octanol–water partition coefficient (Wildman–Crippen LogP) is -3.16. The van der Waals surface area contributed by atoms with E-state index in [1.54, 1.807) is 0 Å². The van der Waals surface area contributed by atoms with E-state index in [-0.39, 0.29) is 0 Å². The minimum Gasteiger partial charge on any atom is -0.394 e. The maximum atomic E-state index is 10.9. The topological polar surface area (TPSA) is 150 Å². The molecule has 0 heterocycles. The normalized spacial score (nSPS) is 16.5. The highest BCUT2D eigenvalue weighted by molar-refractivity contribution is 5.84. The lowest BCUT2D eigenvalue weighted by molar-refractivity contribution is -0.754. The lowest BCUT2D eigenvalue weighted by Gasteiger charge is -2.19. The van der Waals surface area contributed by atoms with E-state index in [1.165, 1.54) is 0 Å². The Labute approximate surface area is 83.6 Å². The Kier molecular flexibility index (Phi) is 5.70. The molecule has 0 rings (SSSR count). The second-order valence-electron chi connectivity index (χ2n) is 2.65. The van der Waals surface area contributed by atoms with Gasteiger partial charge < -0.3 is 25.3 Å². The van der Waals surface area contributed by atoms with Gasteiger partial charge in [-0.05, 0) is 0 Å². The van der Waals surface area contributed by atoms with Gasteiger partial charge in [-0.25, -0.2) is 0 Å². The van der Waals surface area contributed by atoms with Gasteiger partial charge >= 0.3 is 0 Å². The van der Waals surface area contributed by atoms with Gasteiger partial charge in [0, 0.05) is 0 Å². The number of aliphatic hydroxyl groups excluding tert-OH is 4. The van der Waals surface area contributed by atoms with Crippen LogP contribution in [0.5, 0.6) is 0 Å². The number of rotatable bonds is 7. The van der Waals surface area contributed by atoms with Crippen molar-refractivity contribution in [3.63, 3.8) is 0 Å². The molecule has 0 spiro atoms. The number of Topliss-reactive ketones (excluding diaryl/α,β-unsaturated/α-hetero) is 1. The maximum absolute atomic E-state index is 10.9. The molecular formula is C6H11NO8. The molecule has 0 aromatic rings. The molecule has 0 aliphatic rings. The zero-order valence-corrected chi connectivity index (χ0v) is 7.52. The highest BCUT2D eigenvalue weighted by atomic mass is 16.9. The van der Waals surface area contributed by atoms with Crippen LogP contribution in [0.2, 0.25) is 0 Å². The van der Waals surface area contributed by atoms with Crippen molar-refractivity contribution >= 4 is 5.78 Å². The van der Waals surface area contributed by atoms with Crippen molar-refractivity contribution in [1.82, 2.24) is 0 Å². The van der Waals surface area contributed by atoms with E-state index in [9.17, 15) is 14.9 Å². The van der Waals surface area contributed by atoms with Crippen LogP contribution in [0.1, 0.15) is 0 Å². The fourth-order valence-corrected chi connectivity index (χ4v) is 0.711. The summed E-state index contributed by atoms with van der Waals surface area (Å²) in [6.45, 7) is -1.90. The Bertz CT molecular complexity index is 231. The summed E-state index contributed by atoms with van der Waals surface area (Å²) in [5, 5.41) is 43.7. The summed E-state index contributed by atoms with van der Waals surface area (Å²) in [6, 6.07) is 0. The number of nitrogens with zero attached hydrogens (tertiary/aromatic N) is 1. The molecule has 0 radical (unpaired) electrons. The van der Waals surface area contributed by atoms with Crippen molar-refractivity contribution in [1.29, 1.82) is 0 Å². The van der Waals surface area contributed by atoms with Gasteiger partial charge in [-0.1, -0.05) is 0 Å². The third-order valence-electron chi connectivity index (χ3n) is 1.55. The van der Waals surface area contributed by atoms with Gasteiger partial charge in [0.15, 0.2) is 12.4 Å². The smallest absolute Gasteiger partial charge is 0.294 e. The molecule has 0 aromatic heterocycles. The first kappa shape index (κ1) is 13.7. The third kappa shape index (κ3) is 4.65. The van der Waals surface area contributed by atoms with Gasteiger partial charge in [0.25, 0.3) is 5.09 Å². The van der Waals surface area contributed by atoms with E-state index in [0.717, 1.165) is 0 Å². The number of ketones is 1. The highest BCUT2D eigenvalue weighted by Gasteiger charge is 2.30. The summed E-state index contributed by atoms with van der Waals surface area (Å²) in [5.41, 5.74) is 0. The summed E-state index contributed by atoms with van der Waals surface area (Å²) in [5.74, 6) is -1.17. The van der Waals surface area contributed by atoms with E-state index >= 15 is 0 Å². The van der Waals surface area contributed by atoms with Gasteiger partial charge in [0.05, 0.1) is 6.61 Å². The molecule has 4 N–H and O–H groups in total. The predicted molar refractivity (Wildman–Crippen MR) is 43.1 cm³/mol. The third-order valence-corrected chi connectivity index (χ3v) is 1.55. The quantitative estimate of drug-likeness (QED) is 0.262. The monoisotopic (exact) mass is 225 g/mol. The second kappa shape index (κ2) is 6.24. The maximum Gasteiger partial charge on any atom is 0.294 e. The average Bonchev–Trinajstić information content (AvgIpc) is 2.22. The summed E-state index contributed by atoms with van der Waals surface area (Å²) in [6.07, 6.45) is -5.68. The van der Waals surface area contributed by atoms with Crippen LogP contribution in [0.25, 0.3) is 0 Å². The summed E-state index contributed by atoms with van der Waals surface area (Å²) in [4.78, 5) is 24.2. The molecular weight excluding hydrogens is 214 g/mol. The molecule has 9 heteroatoms. The molecule has 0 saturated heterocycles. The fraction of sp³-hybridized carbons (Fsp3) is 0.833. The van der Waals surface area contributed by atoms with Crippen LogP contribution < -0.4 is 0 Å². The number of aliphatic hydroxyl groups is 4. The highest BCUT2D eigenvalue weighted by Crippen LogP contribution is 2.01. The lowest BCUT2D eigenvalue weighted by atomic mass is 10.1. The summed E-state index contributed by atoms with van der Waals surface area (Å²) in [7, 11) is 0. The van der Waals surface area contributed by atoms with E-state index in [1.807, 2.05) is 0 Å². The van der Waals surface area contributed by atoms with Crippen molar-refractivity contribution in [3.05, 3.63) is 10.1 Å².